The molecule has 1 aliphatic rings. The van der Waals surface area contributed by atoms with Gasteiger partial charge in [-0.2, -0.15) is 0 Å². The van der Waals surface area contributed by atoms with E-state index in [1.165, 1.54) is 6.92 Å². The van der Waals surface area contributed by atoms with Gasteiger partial charge >= 0.3 is 5.97 Å². The average molecular weight is 170 g/mol. The lowest BCUT2D eigenvalue weighted by Crippen LogP contribution is -2.29. The Kier molecular flexibility index (Phi) is 2.52. The van der Waals surface area contributed by atoms with Crippen molar-refractivity contribution < 1.29 is 14.6 Å². The molecule has 0 amide bonds. The van der Waals surface area contributed by atoms with Crippen LogP contribution < -0.4 is 0 Å². The normalized spacial score (nSPS) is 34.8. The van der Waals surface area contributed by atoms with Gasteiger partial charge in [0.05, 0.1) is 5.60 Å². The van der Waals surface area contributed by atoms with Crippen molar-refractivity contribution >= 4 is 5.97 Å². The maximum absolute atomic E-state index is 10.6. The molecule has 0 unspecified atom stereocenters. The van der Waals surface area contributed by atoms with E-state index in [4.69, 9.17) is 4.74 Å². The lowest BCUT2D eigenvalue weighted by Gasteiger charge is -2.26. The van der Waals surface area contributed by atoms with Crippen molar-refractivity contribution in [3.63, 3.8) is 0 Å². The maximum atomic E-state index is 10.6. The molecule has 0 spiro atoms. The van der Waals surface area contributed by atoms with Crippen LogP contribution in [0.5, 0.6) is 0 Å². The summed E-state index contributed by atoms with van der Waals surface area (Å²) in [5.74, 6) is -0.272. The van der Waals surface area contributed by atoms with Crippen molar-refractivity contribution in [2.24, 2.45) is 0 Å². The Bertz CT molecular complexity index is 206. The smallest absolute Gasteiger partial charge is 0.303 e. The van der Waals surface area contributed by atoms with Gasteiger partial charge in [-0.05, 0) is 25.8 Å². The molecule has 3 nitrogen and oxygen atoms in total. The van der Waals surface area contributed by atoms with Gasteiger partial charge in [0.25, 0.3) is 0 Å². The second-order valence-corrected chi connectivity index (χ2v) is 3.40. The first-order valence-electron chi connectivity index (χ1n) is 4.08. The highest BCUT2D eigenvalue weighted by Crippen LogP contribution is 2.22. The Hall–Kier alpha value is -0.830. The fraction of sp³-hybridized carbons (Fsp3) is 0.667. The van der Waals surface area contributed by atoms with Gasteiger partial charge in [0.1, 0.15) is 6.10 Å². The summed E-state index contributed by atoms with van der Waals surface area (Å²) in [6.07, 6.45) is 4.61. The lowest BCUT2D eigenvalue weighted by atomic mass is 9.92. The number of hydrogen-bond acceptors (Lipinski definition) is 3. The Balaban J connectivity index is 2.48. The molecule has 0 saturated heterocycles. The SMILES string of the molecule is CC(=O)O[C@H]1C=C[C@](C)(O)CC1. The molecule has 0 bridgehead atoms. The van der Waals surface area contributed by atoms with Gasteiger partial charge in [-0.25, -0.2) is 0 Å². The van der Waals surface area contributed by atoms with Crippen molar-refractivity contribution in [1.82, 2.24) is 0 Å². The second-order valence-electron chi connectivity index (χ2n) is 3.40. The van der Waals surface area contributed by atoms with Gasteiger partial charge in [-0.3, -0.25) is 4.79 Å². The summed E-state index contributed by atoms with van der Waals surface area (Å²) >= 11 is 0. The molecule has 68 valence electrons. The standard InChI is InChI=1S/C9H14O3/c1-7(10)12-8-3-5-9(2,11)6-4-8/h3,5,8,11H,4,6H2,1-2H3/t8-,9-/m0/s1. The summed E-state index contributed by atoms with van der Waals surface area (Å²) in [5, 5.41) is 9.50. The van der Waals surface area contributed by atoms with Crippen molar-refractivity contribution in [1.29, 1.82) is 0 Å². The van der Waals surface area contributed by atoms with Crippen LogP contribution >= 0.6 is 0 Å². The van der Waals surface area contributed by atoms with E-state index in [1.807, 2.05) is 0 Å². The second kappa shape index (κ2) is 3.27. The summed E-state index contributed by atoms with van der Waals surface area (Å²) in [7, 11) is 0. The Labute approximate surface area is 72.0 Å². The molecule has 1 rings (SSSR count). The Morgan fingerprint density at radius 1 is 1.75 bits per heavy atom. The number of esters is 1. The molecule has 12 heavy (non-hydrogen) atoms. The van der Waals surface area contributed by atoms with Gasteiger partial charge in [-0.1, -0.05) is 6.08 Å². The average Bonchev–Trinajstić information content (AvgIpc) is 1.93. The molecule has 0 saturated carbocycles. The minimum Gasteiger partial charge on any atom is -0.458 e. The topological polar surface area (TPSA) is 46.5 Å². The van der Waals surface area contributed by atoms with E-state index in [9.17, 15) is 9.90 Å². The van der Waals surface area contributed by atoms with E-state index >= 15 is 0 Å². The third kappa shape index (κ3) is 2.66. The van der Waals surface area contributed by atoms with E-state index in [2.05, 4.69) is 0 Å². The molecule has 0 aromatic carbocycles. The molecule has 0 heterocycles. The summed E-state index contributed by atoms with van der Waals surface area (Å²) < 4.78 is 4.95. The minimum absolute atomic E-state index is 0.150. The van der Waals surface area contributed by atoms with Crippen LogP contribution in [0.15, 0.2) is 12.2 Å². The number of ether oxygens (including phenoxy) is 1. The molecular weight excluding hydrogens is 156 g/mol. The van der Waals surface area contributed by atoms with Crippen LogP contribution in [0, 0.1) is 0 Å². The van der Waals surface area contributed by atoms with Gasteiger partial charge < -0.3 is 9.84 Å². The molecule has 3 heteroatoms. The first-order chi connectivity index (χ1) is 5.49. The summed E-state index contributed by atoms with van der Waals surface area (Å²) in [5.41, 5.74) is -0.726. The Morgan fingerprint density at radius 3 is 2.83 bits per heavy atom. The van der Waals surface area contributed by atoms with E-state index in [1.54, 1.807) is 19.1 Å². The first kappa shape index (κ1) is 9.26. The first-order valence-corrected chi connectivity index (χ1v) is 4.08. The van der Waals surface area contributed by atoms with E-state index in [0.29, 0.717) is 12.8 Å². The number of aliphatic hydroxyl groups is 1. The predicted octanol–water partition coefficient (Wildman–Crippen LogP) is 1.02. The van der Waals surface area contributed by atoms with E-state index in [-0.39, 0.29) is 12.1 Å². The zero-order valence-electron chi connectivity index (χ0n) is 7.41. The summed E-state index contributed by atoms with van der Waals surface area (Å²) in [6.45, 7) is 3.13. The monoisotopic (exact) mass is 170 g/mol. The van der Waals surface area contributed by atoms with Crippen LogP contribution in [0.1, 0.15) is 26.7 Å². The van der Waals surface area contributed by atoms with Crippen LogP contribution in [-0.2, 0) is 9.53 Å². The zero-order chi connectivity index (χ0) is 9.19. The molecule has 2 atom stereocenters. The number of rotatable bonds is 1. The van der Waals surface area contributed by atoms with Gasteiger partial charge in [0, 0.05) is 6.92 Å². The van der Waals surface area contributed by atoms with Crippen LogP contribution in [0.4, 0.5) is 0 Å². The van der Waals surface area contributed by atoms with Gasteiger partial charge in [0.15, 0.2) is 0 Å². The Morgan fingerprint density at radius 2 is 2.42 bits per heavy atom. The van der Waals surface area contributed by atoms with E-state index in [0.717, 1.165) is 0 Å². The predicted molar refractivity (Wildman–Crippen MR) is 44.6 cm³/mol. The van der Waals surface area contributed by atoms with Crippen molar-refractivity contribution in [2.75, 3.05) is 0 Å². The highest BCUT2D eigenvalue weighted by molar-refractivity contribution is 5.66. The third-order valence-corrected chi connectivity index (χ3v) is 1.92. The molecular formula is C9H14O3. The van der Waals surface area contributed by atoms with Gasteiger partial charge in [0.2, 0.25) is 0 Å². The molecule has 1 aliphatic carbocycles. The van der Waals surface area contributed by atoms with Gasteiger partial charge in [-0.15, -0.1) is 0 Å². The number of carbonyl (C=O) groups is 1. The molecule has 1 N–H and O–H groups in total. The maximum Gasteiger partial charge on any atom is 0.303 e. The molecule has 0 aromatic heterocycles. The summed E-state index contributed by atoms with van der Waals surface area (Å²) in [6, 6.07) is 0. The van der Waals surface area contributed by atoms with Crippen molar-refractivity contribution in [2.45, 2.75) is 38.4 Å². The summed E-state index contributed by atoms with van der Waals surface area (Å²) in [4.78, 5) is 10.6. The molecule has 0 fully saturated rings. The largest absolute Gasteiger partial charge is 0.458 e. The fourth-order valence-corrected chi connectivity index (χ4v) is 1.24. The van der Waals surface area contributed by atoms with Crippen LogP contribution in [0.25, 0.3) is 0 Å². The number of hydrogen-bond donors (Lipinski definition) is 1. The lowest BCUT2D eigenvalue weighted by molar-refractivity contribution is -0.145. The van der Waals surface area contributed by atoms with Crippen molar-refractivity contribution in [3.8, 4) is 0 Å². The third-order valence-electron chi connectivity index (χ3n) is 1.92. The highest BCUT2D eigenvalue weighted by atomic mass is 16.5. The highest BCUT2D eigenvalue weighted by Gasteiger charge is 2.24. The molecule has 0 radical (unpaired) electrons. The van der Waals surface area contributed by atoms with Crippen LogP contribution in [0.2, 0.25) is 0 Å². The van der Waals surface area contributed by atoms with Crippen LogP contribution in [-0.4, -0.2) is 22.8 Å². The van der Waals surface area contributed by atoms with Crippen LogP contribution in [0.3, 0.4) is 0 Å². The molecule has 0 aliphatic heterocycles. The number of carbonyl (C=O) groups excluding carboxylic acids is 1. The molecule has 0 aromatic rings. The minimum atomic E-state index is -0.726. The quantitative estimate of drug-likeness (QED) is 0.472. The fourth-order valence-electron chi connectivity index (χ4n) is 1.24. The van der Waals surface area contributed by atoms with E-state index < -0.39 is 5.60 Å². The zero-order valence-corrected chi connectivity index (χ0v) is 7.41. The van der Waals surface area contributed by atoms with Crippen molar-refractivity contribution in [3.05, 3.63) is 12.2 Å².